The molecule has 1 aromatic heterocycles. The van der Waals surface area contributed by atoms with Gasteiger partial charge in [-0.05, 0) is 24.3 Å². The molecule has 0 atom stereocenters. The molecule has 1 N–H and O–H groups in total. The minimum Gasteiger partial charge on any atom is -0.476 e. The molecule has 0 radical (unpaired) electrons. The highest BCUT2D eigenvalue weighted by Crippen LogP contribution is 2.06. The zero-order valence-corrected chi connectivity index (χ0v) is 7.46. The van der Waals surface area contributed by atoms with Crippen LogP contribution in [-0.4, -0.2) is 26.1 Å². The van der Waals surface area contributed by atoms with Crippen LogP contribution in [0.3, 0.4) is 0 Å². The Balaban J connectivity index is 2.37. The highest BCUT2D eigenvalue weighted by Gasteiger charge is 2.08. The minimum absolute atomic E-state index is 0.153. The zero-order valence-electron chi connectivity index (χ0n) is 7.46. The van der Waals surface area contributed by atoms with E-state index < -0.39 is 5.97 Å². The third kappa shape index (κ3) is 1.83. The number of aromatic nitrogens is 3. The van der Waals surface area contributed by atoms with Crippen LogP contribution in [0.25, 0.3) is 5.69 Å². The van der Waals surface area contributed by atoms with Crippen LogP contribution >= 0.6 is 0 Å². The van der Waals surface area contributed by atoms with Gasteiger partial charge in [-0.25, -0.2) is 9.18 Å². The second-order valence-corrected chi connectivity index (χ2v) is 2.80. The van der Waals surface area contributed by atoms with Gasteiger partial charge in [0, 0.05) is 0 Å². The second kappa shape index (κ2) is 3.49. The Morgan fingerprint density at radius 3 is 2.53 bits per heavy atom. The summed E-state index contributed by atoms with van der Waals surface area (Å²) in [7, 11) is 0. The molecule has 0 aliphatic carbocycles. The van der Waals surface area contributed by atoms with Crippen LogP contribution in [0.1, 0.15) is 10.5 Å². The smallest absolute Gasteiger partial charge is 0.358 e. The van der Waals surface area contributed by atoms with Gasteiger partial charge in [-0.3, -0.25) is 0 Å². The lowest BCUT2D eigenvalue weighted by molar-refractivity contribution is 0.0690. The van der Waals surface area contributed by atoms with Gasteiger partial charge >= 0.3 is 5.97 Å². The number of rotatable bonds is 2. The van der Waals surface area contributed by atoms with Crippen molar-refractivity contribution >= 4 is 5.97 Å². The van der Waals surface area contributed by atoms with Crippen molar-refractivity contribution in [2.45, 2.75) is 0 Å². The van der Waals surface area contributed by atoms with E-state index in [0.717, 1.165) is 11.0 Å². The molecule has 0 spiro atoms. The number of hydrogen-bond donors (Lipinski definition) is 1. The monoisotopic (exact) mass is 207 g/mol. The fraction of sp³-hybridized carbons (Fsp3) is 0. The molecule has 0 fully saturated rings. The predicted molar refractivity (Wildman–Crippen MR) is 48.3 cm³/mol. The average molecular weight is 207 g/mol. The molecule has 0 aliphatic rings. The van der Waals surface area contributed by atoms with Crippen LogP contribution in [0.4, 0.5) is 4.39 Å². The Morgan fingerprint density at radius 1 is 1.33 bits per heavy atom. The normalized spacial score (nSPS) is 10.2. The molecule has 76 valence electrons. The molecule has 6 heteroatoms. The summed E-state index contributed by atoms with van der Waals surface area (Å²) in [6, 6.07) is 5.42. The Bertz CT molecular complexity index is 492. The Morgan fingerprint density at radius 2 is 2.00 bits per heavy atom. The van der Waals surface area contributed by atoms with Crippen molar-refractivity contribution in [1.29, 1.82) is 0 Å². The minimum atomic E-state index is -1.15. The first kappa shape index (κ1) is 9.32. The van der Waals surface area contributed by atoms with Gasteiger partial charge < -0.3 is 5.11 Å². The summed E-state index contributed by atoms with van der Waals surface area (Å²) in [4.78, 5) is 11.7. The molecular formula is C9H6FN3O2. The quantitative estimate of drug-likeness (QED) is 0.800. The van der Waals surface area contributed by atoms with Crippen molar-refractivity contribution in [3.63, 3.8) is 0 Å². The van der Waals surface area contributed by atoms with Crippen molar-refractivity contribution in [2.75, 3.05) is 0 Å². The van der Waals surface area contributed by atoms with E-state index in [4.69, 9.17) is 5.11 Å². The van der Waals surface area contributed by atoms with E-state index in [1.54, 1.807) is 0 Å². The molecule has 15 heavy (non-hydrogen) atoms. The molecule has 1 aromatic carbocycles. The standard InChI is InChI=1S/C9H6FN3O2/c10-6-1-3-7(4-2-6)13-11-5-8(12-13)9(14)15/h1-5H,(H,14,15). The van der Waals surface area contributed by atoms with Crippen LogP contribution in [0.5, 0.6) is 0 Å². The van der Waals surface area contributed by atoms with Gasteiger partial charge in [0.2, 0.25) is 0 Å². The third-order valence-electron chi connectivity index (χ3n) is 1.77. The number of carboxylic acids is 1. The Hall–Kier alpha value is -2.24. The number of hydrogen-bond acceptors (Lipinski definition) is 3. The van der Waals surface area contributed by atoms with Crippen LogP contribution in [0.2, 0.25) is 0 Å². The number of carbonyl (C=O) groups is 1. The molecule has 0 amide bonds. The average Bonchev–Trinajstić information content (AvgIpc) is 2.68. The van der Waals surface area contributed by atoms with Gasteiger partial charge in [0.05, 0.1) is 11.9 Å². The Labute approximate surface area is 83.8 Å². The largest absolute Gasteiger partial charge is 0.476 e. The number of carboxylic acid groups (broad SMARTS) is 1. The van der Waals surface area contributed by atoms with Gasteiger partial charge in [0.15, 0.2) is 5.69 Å². The molecular weight excluding hydrogens is 201 g/mol. The van der Waals surface area contributed by atoms with E-state index in [-0.39, 0.29) is 11.5 Å². The number of benzene rings is 1. The van der Waals surface area contributed by atoms with Crippen molar-refractivity contribution < 1.29 is 14.3 Å². The molecule has 0 aliphatic heterocycles. The maximum Gasteiger partial charge on any atom is 0.358 e. The lowest BCUT2D eigenvalue weighted by atomic mass is 10.3. The first-order chi connectivity index (χ1) is 7.16. The van der Waals surface area contributed by atoms with Crippen LogP contribution in [-0.2, 0) is 0 Å². The van der Waals surface area contributed by atoms with Crippen molar-refractivity contribution in [2.24, 2.45) is 0 Å². The van der Waals surface area contributed by atoms with Crippen LogP contribution < -0.4 is 0 Å². The first-order valence-corrected chi connectivity index (χ1v) is 4.08. The van der Waals surface area contributed by atoms with Gasteiger partial charge in [0.25, 0.3) is 0 Å². The van der Waals surface area contributed by atoms with E-state index in [1.807, 2.05) is 0 Å². The third-order valence-corrected chi connectivity index (χ3v) is 1.77. The summed E-state index contributed by atoms with van der Waals surface area (Å²) in [5.41, 5.74) is 0.350. The second-order valence-electron chi connectivity index (χ2n) is 2.80. The van der Waals surface area contributed by atoms with E-state index in [1.165, 1.54) is 24.3 Å². The molecule has 0 saturated heterocycles. The van der Waals surface area contributed by atoms with Crippen molar-refractivity contribution in [3.05, 3.63) is 42.0 Å². The van der Waals surface area contributed by atoms with Gasteiger partial charge in [-0.2, -0.15) is 9.90 Å². The molecule has 2 rings (SSSR count). The zero-order chi connectivity index (χ0) is 10.8. The lowest BCUT2D eigenvalue weighted by Crippen LogP contribution is -2.02. The summed E-state index contributed by atoms with van der Waals surface area (Å²) in [5.74, 6) is -1.52. The summed E-state index contributed by atoms with van der Waals surface area (Å²) >= 11 is 0. The van der Waals surface area contributed by atoms with Gasteiger partial charge in [-0.15, -0.1) is 5.10 Å². The van der Waals surface area contributed by atoms with E-state index in [2.05, 4.69) is 10.2 Å². The number of halogens is 1. The summed E-state index contributed by atoms with van der Waals surface area (Å²) < 4.78 is 12.6. The number of aromatic carboxylic acids is 1. The van der Waals surface area contributed by atoms with Crippen molar-refractivity contribution in [1.82, 2.24) is 15.0 Å². The first-order valence-electron chi connectivity index (χ1n) is 4.08. The summed E-state index contributed by atoms with van der Waals surface area (Å²) in [6.45, 7) is 0. The molecule has 2 aromatic rings. The predicted octanol–water partition coefficient (Wildman–Crippen LogP) is 1.10. The molecule has 0 unspecified atom stereocenters. The summed E-state index contributed by atoms with van der Waals surface area (Å²) in [6.07, 6.45) is 1.13. The molecule has 5 nitrogen and oxygen atoms in total. The number of nitrogens with zero attached hydrogens (tertiary/aromatic N) is 3. The maximum atomic E-state index is 12.6. The highest BCUT2D eigenvalue weighted by molar-refractivity contribution is 5.84. The topological polar surface area (TPSA) is 68.0 Å². The van der Waals surface area contributed by atoms with Crippen LogP contribution in [0.15, 0.2) is 30.5 Å². The van der Waals surface area contributed by atoms with Gasteiger partial charge in [-0.1, -0.05) is 0 Å². The van der Waals surface area contributed by atoms with E-state index in [0.29, 0.717) is 5.69 Å². The lowest BCUT2D eigenvalue weighted by Gasteiger charge is -1.97. The highest BCUT2D eigenvalue weighted by atomic mass is 19.1. The van der Waals surface area contributed by atoms with Crippen LogP contribution in [0, 0.1) is 5.82 Å². The van der Waals surface area contributed by atoms with Gasteiger partial charge in [0.1, 0.15) is 5.82 Å². The fourth-order valence-corrected chi connectivity index (χ4v) is 1.06. The molecule has 0 bridgehead atoms. The molecule has 0 saturated carbocycles. The SMILES string of the molecule is O=C(O)c1cnn(-c2ccc(F)cc2)n1. The maximum absolute atomic E-state index is 12.6. The van der Waals surface area contributed by atoms with E-state index >= 15 is 0 Å². The fourth-order valence-electron chi connectivity index (χ4n) is 1.06. The Kier molecular flexibility index (Phi) is 2.17. The van der Waals surface area contributed by atoms with E-state index in [9.17, 15) is 9.18 Å². The molecule has 1 heterocycles. The summed E-state index contributed by atoms with van der Waals surface area (Å²) in [5, 5.41) is 16.0. The van der Waals surface area contributed by atoms with Crippen molar-refractivity contribution in [3.8, 4) is 5.69 Å².